The molecular formula is C19H18FNO5S2. The zero-order valence-electron chi connectivity index (χ0n) is 14.9. The van der Waals surface area contributed by atoms with E-state index in [0.717, 1.165) is 16.0 Å². The number of sulfone groups is 1. The third-order valence-electron chi connectivity index (χ3n) is 4.28. The van der Waals surface area contributed by atoms with E-state index in [2.05, 4.69) is 0 Å². The van der Waals surface area contributed by atoms with Crippen molar-refractivity contribution >= 4 is 37.7 Å². The minimum atomic E-state index is -3.70. The van der Waals surface area contributed by atoms with Gasteiger partial charge in [-0.05, 0) is 46.8 Å². The molecule has 1 N–H and O–H groups in total. The number of hydroxylamine groups is 2. The van der Waals surface area contributed by atoms with Crippen molar-refractivity contribution in [2.45, 2.75) is 11.8 Å². The monoisotopic (exact) mass is 423 g/mol. The Bertz CT molecular complexity index is 1080. The minimum absolute atomic E-state index is 0.171. The Balaban J connectivity index is 1.83. The van der Waals surface area contributed by atoms with Gasteiger partial charge in [0.05, 0.1) is 24.7 Å². The van der Waals surface area contributed by atoms with Gasteiger partial charge in [0.15, 0.2) is 15.0 Å². The molecule has 2 aromatic carbocycles. The Kier molecular flexibility index (Phi) is 5.97. The van der Waals surface area contributed by atoms with E-state index in [-0.39, 0.29) is 17.3 Å². The molecular weight excluding hydrogens is 405 g/mol. The van der Waals surface area contributed by atoms with Crippen molar-refractivity contribution in [3.63, 3.8) is 0 Å². The minimum Gasteiger partial charge on any atom is -0.497 e. The van der Waals surface area contributed by atoms with Crippen LogP contribution in [0.1, 0.15) is 17.2 Å². The number of nitrogens with zero attached hydrogens (tertiary/aromatic N) is 1. The summed E-state index contributed by atoms with van der Waals surface area (Å²) in [6.07, 6.45) is 0.171. The van der Waals surface area contributed by atoms with Crippen molar-refractivity contribution in [1.82, 2.24) is 5.06 Å². The molecule has 0 radical (unpaired) electrons. The number of carbonyl (C=O) groups is 1. The molecule has 1 aromatic heterocycles. The van der Waals surface area contributed by atoms with E-state index in [9.17, 15) is 22.8 Å². The third-order valence-corrected chi connectivity index (χ3v) is 6.78. The van der Waals surface area contributed by atoms with Crippen molar-refractivity contribution < 1.29 is 27.5 Å². The number of methoxy groups -OCH3 is 1. The summed E-state index contributed by atoms with van der Waals surface area (Å²) in [4.78, 5) is 11.1. The summed E-state index contributed by atoms with van der Waals surface area (Å²) in [6.45, 7) is 0. The van der Waals surface area contributed by atoms with Crippen LogP contribution in [-0.2, 0) is 20.4 Å². The lowest BCUT2D eigenvalue weighted by molar-refractivity contribution is -0.158. The first-order valence-electron chi connectivity index (χ1n) is 8.26. The van der Waals surface area contributed by atoms with Gasteiger partial charge in [0.25, 0.3) is 0 Å². The fourth-order valence-corrected chi connectivity index (χ4v) is 5.33. The van der Waals surface area contributed by atoms with E-state index in [4.69, 9.17) is 4.74 Å². The lowest BCUT2D eigenvalue weighted by Crippen LogP contribution is -2.30. The molecule has 3 aromatic rings. The smallest absolute Gasteiger partial charge is 0.233 e. The first kappa shape index (κ1) is 20.2. The summed E-state index contributed by atoms with van der Waals surface area (Å²) in [5.74, 6) is -0.193. The van der Waals surface area contributed by atoms with Crippen molar-refractivity contribution in [2.24, 2.45) is 0 Å². The molecule has 0 aliphatic rings. The third kappa shape index (κ3) is 4.67. The van der Waals surface area contributed by atoms with E-state index >= 15 is 0 Å². The SMILES string of the molecule is COc1ccc([C@@H](CS(=O)(=O)Cc2ccc3sc(F)cc3c2)N(O)C=O)cc1. The molecule has 1 amide bonds. The maximum atomic E-state index is 13.4. The van der Waals surface area contributed by atoms with Crippen molar-refractivity contribution in [1.29, 1.82) is 0 Å². The standard InChI is InChI=1S/C19H18FNO5S2/c1-26-16-5-3-14(4-6-16)17(21(23)12-22)11-28(24,25)10-13-2-7-18-15(8-13)9-19(20)27-18/h2-9,12,17,23H,10-11H2,1H3/t17-/m1/s1. The molecule has 6 nitrogen and oxygen atoms in total. The predicted octanol–water partition coefficient (Wildman–Crippen LogP) is 3.55. The van der Waals surface area contributed by atoms with Crippen molar-refractivity contribution in [2.75, 3.05) is 12.9 Å². The van der Waals surface area contributed by atoms with Gasteiger partial charge in [-0.15, -0.1) is 11.3 Å². The fourth-order valence-electron chi connectivity index (χ4n) is 2.93. The summed E-state index contributed by atoms with van der Waals surface area (Å²) in [5.41, 5.74) is 0.962. The number of amides is 1. The quantitative estimate of drug-likeness (QED) is 0.340. The van der Waals surface area contributed by atoms with Gasteiger partial charge in [0.1, 0.15) is 5.75 Å². The lowest BCUT2D eigenvalue weighted by Gasteiger charge is -2.23. The van der Waals surface area contributed by atoms with E-state index < -0.39 is 21.6 Å². The van der Waals surface area contributed by atoms with Gasteiger partial charge in [0, 0.05) is 4.70 Å². The number of thiophene rings is 1. The second-order valence-electron chi connectivity index (χ2n) is 6.25. The summed E-state index contributed by atoms with van der Waals surface area (Å²) in [6, 6.07) is 11.7. The van der Waals surface area contributed by atoms with Crippen LogP contribution in [0.25, 0.3) is 10.1 Å². The molecule has 0 aliphatic carbocycles. The van der Waals surface area contributed by atoms with Crippen LogP contribution in [0, 0.1) is 5.13 Å². The molecule has 0 unspecified atom stereocenters. The topological polar surface area (TPSA) is 83.9 Å². The van der Waals surface area contributed by atoms with Gasteiger partial charge >= 0.3 is 0 Å². The van der Waals surface area contributed by atoms with Crippen LogP contribution in [0.2, 0.25) is 0 Å². The first-order valence-corrected chi connectivity index (χ1v) is 10.9. The number of hydrogen-bond donors (Lipinski definition) is 1. The second-order valence-corrected chi connectivity index (χ2v) is 9.39. The average Bonchev–Trinajstić information content (AvgIpc) is 3.04. The molecule has 0 saturated carbocycles. The Labute approximate surface area is 165 Å². The maximum absolute atomic E-state index is 13.4. The Morgan fingerprint density at radius 3 is 2.57 bits per heavy atom. The van der Waals surface area contributed by atoms with Gasteiger partial charge in [-0.1, -0.05) is 18.2 Å². The van der Waals surface area contributed by atoms with Gasteiger partial charge in [-0.25, -0.2) is 13.5 Å². The molecule has 0 bridgehead atoms. The molecule has 1 atom stereocenters. The predicted molar refractivity (Wildman–Crippen MR) is 105 cm³/mol. The zero-order valence-corrected chi connectivity index (χ0v) is 16.5. The van der Waals surface area contributed by atoms with Crippen LogP contribution in [0.15, 0.2) is 48.5 Å². The number of benzene rings is 2. The van der Waals surface area contributed by atoms with Gasteiger partial charge in [0.2, 0.25) is 6.41 Å². The number of ether oxygens (including phenoxy) is 1. The molecule has 0 spiro atoms. The fraction of sp³-hybridized carbons (Fsp3) is 0.211. The van der Waals surface area contributed by atoms with E-state index in [1.54, 1.807) is 42.5 Å². The number of fused-ring (bicyclic) bond motifs is 1. The van der Waals surface area contributed by atoms with Crippen LogP contribution in [-0.4, -0.2) is 38.0 Å². The highest BCUT2D eigenvalue weighted by Crippen LogP contribution is 2.27. The van der Waals surface area contributed by atoms with Gasteiger partial charge < -0.3 is 4.74 Å². The summed E-state index contributed by atoms with van der Waals surface area (Å²) < 4.78 is 44.6. The normalized spacial score (nSPS) is 12.7. The molecule has 3 rings (SSSR count). The first-order chi connectivity index (χ1) is 13.3. The highest BCUT2D eigenvalue weighted by Gasteiger charge is 2.26. The van der Waals surface area contributed by atoms with E-state index in [1.807, 2.05) is 0 Å². The van der Waals surface area contributed by atoms with Crippen LogP contribution >= 0.6 is 11.3 Å². The van der Waals surface area contributed by atoms with Crippen LogP contribution in [0.4, 0.5) is 4.39 Å². The van der Waals surface area contributed by atoms with E-state index in [0.29, 0.717) is 27.3 Å². The van der Waals surface area contributed by atoms with Crippen molar-refractivity contribution in [3.8, 4) is 5.75 Å². The highest BCUT2D eigenvalue weighted by molar-refractivity contribution is 7.90. The van der Waals surface area contributed by atoms with Crippen LogP contribution in [0.5, 0.6) is 5.75 Å². The highest BCUT2D eigenvalue weighted by atomic mass is 32.2. The second kappa shape index (κ2) is 8.26. The molecule has 0 saturated heterocycles. The molecule has 0 fully saturated rings. The molecule has 0 aliphatic heterocycles. The summed E-state index contributed by atoms with van der Waals surface area (Å²) in [7, 11) is -2.20. The number of carbonyl (C=O) groups excluding carboxylic acids is 1. The molecule has 9 heteroatoms. The number of hydrogen-bond acceptors (Lipinski definition) is 6. The Hall–Kier alpha value is -2.49. The van der Waals surface area contributed by atoms with E-state index in [1.165, 1.54) is 13.2 Å². The molecule has 28 heavy (non-hydrogen) atoms. The Morgan fingerprint density at radius 1 is 1.21 bits per heavy atom. The van der Waals surface area contributed by atoms with Crippen LogP contribution < -0.4 is 4.74 Å². The lowest BCUT2D eigenvalue weighted by atomic mass is 10.1. The summed E-state index contributed by atoms with van der Waals surface area (Å²) >= 11 is 0.992. The number of halogens is 1. The number of rotatable bonds is 8. The largest absolute Gasteiger partial charge is 0.497 e. The average molecular weight is 423 g/mol. The summed E-state index contributed by atoms with van der Waals surface area (Å²) in [5, 5.41) is 10.5. The maximum Gasteiger partial charge on any atom is 0.233 e. The molecule has 1 heterocycles. The zero-order chi connectivity index (χ0) is 20.3. The van der Waals surface area contributed by atoms with Crippen LogP contribution in [0.3, 0.4) is 0 Å². The van der Waals surface area contributed by atoms with Gasteiger partial charge in [-0.2, -0.15) is 4.39 Å². The molecule has 148 valence electrons. The van der Waals surface area contributed by atoms with Crippen molar-refractivity contribution in [3.05, 3.63) is 64.8 Å². The van der Waals surface area contributed by atoms with Gasteiger partial charge in [-0.3, -0.25) is 10.0 Å². The Morgan fingerprint density at radius 2 is 1.93 bits per heavy atom.